The SMILES string of the molecule is CSCCC([NH-])C(=O)[O-].CSCCC([NH-])C(=O)[O-].CSCCC([NH-])C(=O)[O-].[Ge].[Na+]. The molecule has 0 spiro atoms. The second-order valence-electron chi connectivity index (χ2n) is 4.96. The van der Waals surface area contributed by atoms with E-state index in [-0.39, 0.29) is 47.2 Å². The quantitative estimate of drug-likeness (QED) is 0.226. The molecular weight excluding hydrogens is 510 g/mol. The second-order valence-corrected chi connectivity index (χ2v) is 7.92. The first kappa shape index (κ1) is 40.3. The smallest absolute Gasteiger partial charge is 0.670 e. The van der Waals surface area contributed by atoms with Gasteiger partial charge < -0.3 is 46.9 Å². The number of carboxylic acid groups (broad SMARTS) is 3. The van der Waals surface area contributed by atoms with Gasteiger partial charge in [0.1, 0.15) is 0 Å². The van der Waals surface area contributed by atoms with Crippen LogP contribution in [0.4, 0.5) is 0 Å². The molecule has 14 heteroatoms. The van der Waals surface area contributed by atoms with Crippen molar-refractivity contribution in [2.24, 2.45) is 0 Å². The van der Waals surface area contributed by atoms with Crippen molar-refractivity contribution in [2.45, 2.75) is 37.4 Å². The van der Waals surface area contributed by atoms with Gasteiger partial charge in [0.2, 0.25) is 0 Å². The molecule has 0 amide bonds. The van der Waals surface area contributed by atoms with Gasteiger partial charge in [-0.25, -0.2) is 0 Å². The molecule has 0 aromatic rings. The van der Waals surface area contributed by atoms with Crippen molar-refractivity contribution < 1.29 is 59.3 Å². The number of hydrogen-bond acceptors (Lipinski definition) is 9. The molecule has 0 aliphatic carbocycles. The number of rotatable bonds is 12. The first-order valence-electron chi connectivity index (χ1n) is 7.77. The summed E-state index contributed by atoms with van der Waals surface area (Å²) in [5.74, 6) is -1.69. The van der Waals surface area contributed by atoms with Crippen LogP contribution in [0.3, 0.4) is 0 Å². The summed E-state index contributed by atoms with van der Waals surface area (Å²) in [6, 6.07) is -3.13. The van der Waals surface area contributed by atoms with E-state index < -0.39 is 36.0 Å². The predicted octanol–water partition coefficient (Wildman–Crippen LogP) is -3.65. The third-order valence-corrected chi connectivity index (χ3v) is 4.62. The van der Waals surface area contributed by atoms with Crippen LogP contribution < -0.4 is 44.9 Å². The minimum Gasteiger partial charge on any atom is -0.670 e. The van der Waals surface area contributed by atoms with Crippen LogP contribution in [0.15, 0.2) is 0 Å². The van der Waals surface area contributed by atoms with Gasteiger partial charge in [0.05, 0.1) is 0 Å². The Morgan fingerprint density at radius 3 is 0.931 bits per heavy atom. The third-order valence-electron chi connectivity index (χ3n) is 2.69. The maximum atomic E-state index is 9.90. The number of aliphatic carboxylic acids is 3. The summed E-state index contributed by atoms with van der Waals surface area (Å²) in [7, 11) is 0. The van der Waals surface area contributed by atoms with Crippen molar-refractivity contribution in [3.8, 4) is 0 Å². The van der Waals surface area contributed by atoms with E-state index in [9.17, 15) is 29.7 Å². The summed E-state index contributed by atoms with van der Waals surface area (Å²) in [5.41, 5.74) is 20.6. The van der Waals surface area contributed by atoms with Gasteiger partial charge in [-0.2, -0.15) is 35.3 Å². The van der Waals surface area contributed by atoms with E-state index in [1.807, 2.05) is 18.8 Å². The molecule has 0 saturated heterocycles. The summed E-state index contributed by atoms with van der Waals surface area (Å²) in [6.07, 6.45) is 6.77. The predicted molar refractivity (Wildman–Crippen MR) is 114 cm³/mol. The largest absolute Gasteiger partial charge is 1.00 e. The van der Waals surface area contributed by atoms with E-state index in [0.29, 0.717) is 36.5 Å². The third kappa shape index (κ3) is 33.7. The normalized spacial score (nSPS) is 12.2. The molecule has 166 valence electrons. The summed E-state index contributed by atoms with van der Waals surface area (Å²) < 4.78 is 0. The van der Waals surface area contributed by atoms with E-state index in [4.69, 9.17) is 17.2 Å². The van der Waals surface area contributed by atoms with E-state index in [2.05, 4.69) is 0 Å². The number of nitrogens with one attached hydrogen (secondary N) is 3. The Morgan fingerprint density at radius 2 is 0.828 bits per heavy atom. The Balaban J connectivity index is -0.0000000960. The molecule has 3 unspecified atom stereocenters. The van der Waals surface area contributed by atoms with E-state index >= 15 is 0 Å². The van der Waals surface area contributed by atoms with Gasteiger partial charge in [0, 0.05) is 35.5 Å². The number of carboxylic acids is 3. The number of carbonyl (C=O) groups is 3. The van der Waals surface area contributed by atoms with Crippen LogP contribution in [0.25, 0.3) is 17.2 Å². The van der Waals surface area contributed by atoms with Gasteiger partial charge >= 0.3 is 29.6 Å². The molecule has 0 aromatic heterocycles. The van der Waals surface area contributed by atoms with Crippen LogP contribution in [0.1, 0.15) is 19.3 Å². The molecular formula is C15H27GeN3NaO6S3-5. The zero-order chi connectivity index (χ0) is 21.8. The molecule has 0 heterocycles. The van der Waals surface area contributed by atoms with Crippen LogP contribution in [0.2, 0.25) is 0 Å². The fourth-order valence-electron chi connectivity index (χ4n) is 1.06. The Morgan fingerprint density at radius 1 is 0.655 bits per heavy atom. The number of carbonyl (C=O) groups excluding carboxylic acids is 3. The Kier molecular flexibility index (Phi) is 40.1. The minimum atomic E-state index is -1.27. The van der Waals surface area contributed by atoms with Crippen LogP contribution in [0, 0.1) is 0 Å². The summed E-state index contributed by atoms with van der Waals surface area (Å²) in [4.78, 5) is 29.7. The van der Waals surface area contributed by atoms with Crippen LogP contribution >= 0.6 is 35.3 Å². The molecule has 0 bridgehead atoms. The zero-order valence-corrected chi connectivity index (χ0v) is 23.7. The van der Waals surface area contributed by atoms with Gasteiger partial charge in [-0.3, -0.25) is 0 Å². The molecule has 0 rings (SSSR count). The molecule has 3 atom stereocenters. The number of thioether (sulfide) groups is 3. The maximum absolute atomic E-state index is 9.90. The fourth-order valence-corrected chi connectivity index (χ4v) is 2.47. The summed E-state index contributed by atoms with van der Waals surface area (Å²) >= 11 is 4.61. The van der Waals surface area contributed by atoms with Gasteiger partial charge in [0.25, 0.3) is 0 Å². The molecule has 0 aliphatic rings. The van der Waals surface area contributed by atoms with Crippen molar-refractivity contribution in [2.75, 3.05) is 36.0 Å². The number of hydrogen-bond donors (Lipinski definition) is 0. The molecule has 0 saturated carbocycles. The monoisotopic (exact) mass is 538 g/mol. The average Bonchev–Trinajstić information content (AvgIpc) is 2.62. The van der Waals surface area contributed by atoms with Crippen molar-refractivity contribution in [3.63, 3.8) is 0 Å². The first-order valence-corrected chi connectivity index (χ1v) is 12.0. The molecule has 0 fully saturated rings. The van der Waals surface area contributed by atoms with E-state index in [0.717, 1.165) is 0 Å². The summed E-state index contributed by atoms with van der Waals surface area (Å²) in [6.45, 7) is 0. The molecule has 29 heavy (non-hydrogen) atoms. The van der Waals surface area contributed by atoms with E-state index in [1.165, 1.54) is 35.3 Å². The standard InChI is InChI=1S/3C5H10NO2S.Ge.Na/c3*1-9-3-2-4(6)5(7)8;;/h3*4,6H,2-3H2,1H3,(H,7,8);;/q3*-1;;+1/p-3. The first-order chi connectivity index (χ1) is 12.5. The molecule has 3 N–H and O–H groups in total. The van der Waals surface area contributed by atoms with Crippen molar-refractivity contribution in [3.05, 3.63) is 17.2 Å². The van der Waals surface area contributed by atoms with Crippen molar-refractivity contribution >= 4 is 70.8 Å². The van der Waals surface area contributed by atoms with Gasteiger partial charge in [0.15, 0.2) is 0 Å². The van der Waals surface area contributed by atoms with Crippen LogP contribution in [0.5, 0.6) is 0 Å². The molecule has 4 radical (unpaired) electrons. The van der Waals surface area contributed by atoms with Crippen LogP contribution in [-0.4, -0.2) is 89.7 Å². The minimum absolute atomic E-state index is 0. The Labute approximate surface area is 219 Å². The van der Waals surface area contributed by atoms with Crippen LogP contribution in [-0.2, 0) is 14.4 Å². The van der Waals surface area contributed by atoms with E-state index in [1.54, 1.807) is 0 Å². The topological polar surface area (TPSA) is 192 Å². The zero-order valence-electron chi connectivity index (χ0n) is 17.1. The second kappa shape index (κ2) is 28.9. The van der Waals surface area contributed by atoms with Gasteiger partial charge in [-0.05, 0) is 36.0 Å². The summed E-state index contributed by atoms with van der Waals surface area (Å²) in [5, 5.41) is 29.7. The molecule has 0 aliphatic heterocycles. The Bertz CT molecular complexity index is 360. The van der Waals surface area contributed by atoms with Gasteiger partial charge in [-0.15, -0.1) is 0 Å². The maximum Gasteiger partial charge on any atom is 1.00 e. The average molecular weight is 537 g/mol. The molecule has 0 aromatic carbocycles. The van der Waals surface area contributed by atoms with Gasteiger partial charge in [-0.1, -0.05) is 37.4 Å². The fraction of sp³-hybridized carbons (Fsp3) is 0.800. The van der Waals surface area contributed by atoms with Crippen molar-refractivity contribution in [1.82, 2.24) is 0 Å². The Hall–Kier alpha value is 0.883. The molecule has 9 nitrogen and oxygen atoms in total. The van der Waals surface area contributed by atoms with Crippen molar-refractivity contribution in [1.29, 1.82) is 0 Å².